The van der Waals surface area contributed by atoms with Gasteiger partial charge in [-0.1, -0.05) is 33.8 Å². The van der Waals surface area contributed by atoms with Crippen LogP contribution in [0.5, 0.6) is 0 Å². The summed E-state index contributed by atoms with van der Waals surface area (Å²) in [6.07, 6.45) is 15.4. The summed E-state index contributed by atoms with van der Waals surface area (Å²) in [6.45, 7) is 11.7. The van der Waals surface area contributed by atoms with E-state index in [0.717, 1.165) is 31.1 Å². The second-order valence-corrected chi connectivity index (χ2v) is 13.2. The van der Waals surface area contributed by atoms with Crippen molar-refractivity contribution >= 4 is 11.8 Å². The molecule has 0 bridgehead atoms. The molecule has 32 heavy (non-hydrogen) atoms. The van der Waals surface area contributed by atoms with Crippen LogP contribution in [0.3, 0.4) is 0 Å². The van der Waals surface area contributed by atoms with Gasteiger partial charge in [0.2, 0.25) is 0 Å². The molecule has 0 amide bonds. The molecule has 1 N–H and O–H groups in total. The molecule has 0 heterocycles. The van der Waals surface area contributed by atoms with Gasteiger partial charge in [-0.05, 0) is 116 Å². The molecule has 5 saturated carbocycles. The summed E-state index contributed by atoms with van der Waals surface area (Å²) in [5.41, 5.74) is 2.35. The Bertz CT molecular complexity index is 858. The molecule has 3 nitrogen and oxygen atoms in total. The second kappa shape index (κ2) is 7.19. The molecule has 0 aromatic carbocycles. The number of Topliss-reactive ketones (excluding diaryl/α,β-unsaturated/α-hetero) is 1. The highest BCUT2D eigenvalue weighted by atomic mass is 16.4. The van der Waals surface area contributed by atoms with E-state index in [-0.39, 0.29) is 0 Å². The Morgan fingerprint density at radius 1 is 1.09 bits per heavy atom. The number of ketones is 1. The van der Waals surface area contributed by atoms with E-state index in [1.165, 1.54) is 51.4 Å². The third kappa shape index (κ3) is 2.72. The zero-order chi connectivity index (χ0) is 23.1. The Kier molecular flexibility index (Phi) is 5.09. The first-order valence-corrected chi connectivity index (χ1v) is 13.5. The van der Waals surface area contributed by atoms with Crippen LogP contribution in [-0.2, 0) is 9.59 Å². The van der Waals surface area contributed by atoms with Crippen LogP contribution in [0.25, 0.3) is 0 Å². The van der Waals surface area contributed by atoms with E-state index < -0.39 is 5.97 Å². The maximum atomic E-state index is 12.5. The summed E-state index contributed by atoms with van der Waals surface area (Å²) in [4.78, 5) is 23.6. The monoisotopic (exact) mass is 440 g/mol. The Labute approximate surface area is 194 Å². The third-order valence-electron chi connectivity index (χ3n) is 12.6. The smallest absolute Gasteiger partial charge is 0.330 e. The van der Waals surface area contributed by atoms with E-state index >= 15 is 0 Å². The van der Waals surface area contributed by atoms with E-state index in [1.807, 2.05) is 6.08 Å². The van der Waals surface area contributed by atoms with Crippen molar-refractivity contribution in [1.82, 2.24) is 0 Å². The summed E-state index contributed by atoms with van der Waals surface area (Å²) >= 11 is 0. The fraction of sp³-hybridized carbons (Fsp3) is 0.862. The van der Waals surface area contributed by atoms with Crippen molar-refractivity contribution in [2.24, 2.45) is 51.2 Å². The summed E-state index contributed by atoms with van der Waals surface area (Å²) < 4.78 is 0. The topological polar surface area (TPSA) is 54.4 Å². The second-order valence-electron chi connectivity index (χ2n) is 13.2. The molecular formula is C29H44O3. The van der Waals surface area contributed by atoms with Gasteiger partial charge in [-0.3, -0.25) is 4.79 Å². The van der Waals surface area contributed by atoms with Crippen molar-refractivity contribution in [2.45, 2.75) is 105 Å². The highest BCUT2D eigenvalue weighted by molar-refractivity contribution is 5.85. The lowest BCUT2D eigenvalue weighted by Gasteiger charge is -2.61. The first-order valence-electron chi connectivity index (χ1n) is 13.5. The lowest BCUT2D eigenvalue weighted by atomic mass is 9.43. The Hall–Kier alpha value is -1.12. The van der Waals surface area contributed by atoms with Crippen LogP contribution in [0.15, 0.2) is 11.6 Å². The zero-order valence-corrected chi connectivity index (χ0v) is 21.0. The molecule has 0 saturated heterocycles. The number of hydrogen-bond donors (Lipinski definition) is 1. The summed E-state index contributed by atoms with van der Waals surface area (Å²) in [5.74, 6) is 2.94. The van der Waals surface area contributed by atoms with Crippen LogP contribution in [0.4, 0.5) is 0 Å². The fourth-order valence-corrected chi connectivity index (χ4v) is 10.7. The lowest BCUT2D eigenvalue weighted by molar-refractivity contribution is -0.146. The molecule has 178 valence electrons. The molecule has 0 unspecified atom stereocenters. The van der Waals surface area contributed by atoms with Crippen molar-refractivity contribution in [3.05, 3.63) is 11.6 Å². The van der Waals surface area contributed by atoms with Gasteiger partial charge < -0.3 is 5.11 Å². The zero-order valence-electron chi connectivity index (χ0n) is 21.0. The van der Waals surface area contributed by atoms with Gasteiger partial charge in [0, 0.05) is 17.9 Å². The highest BCUT2D eigenvalue weighted by Crippen LogP contribution is 2.88. The van der Waals surface area contributed by atoms with Gasteiger partial charge in [0.15, 0.2) is 0 Å². The van der Waals surface area contributed by atoms with E-state index in [0.29, 0.717) is 50.8 Å². The van der Waals surface area contributed by atoms with E-state index in [2.05, 4.69) is 27.7 Å². The summed E-state index contributed by atoms with van der Waals surface area (Å²) in [7, 11) is 0. The molecule has 0 aromatic heterocycles. The number of aliphatic carboxylic acids is 1. The minimum atomic E-state index is -0.789. The van der Waals surface area contributed by atoms with Gasteiger partial charge >= 0.3 is 5.97 Å². The van der Waals surface area contributed by atoms with Crippen molar-refractivity contribution < 1.29 is 14.7 Å². The van der Waals surface area contributed by atoms with Gasteiger partial charge in [0.1, 0.15) is 5.78 Å². The predicted octanol–water partition coefficient (Wildman–Crippen LogP) is 7.05. The third-order valence-corrected chi connectivity index (χ3v) is 12.6. The first kappa shape index (κ1) is 22.7. The van der Waals surface area contributed by atoms with Crippen LogP contribution < -0.4 is 0 Å². The quantitative estimate of drug-likeness (QED) is 0.466. The van der Waals surface area contributed by atoms with E-state index in [9.17, 15) is 9.59 Å². The molecule has 5 fully saturated rings. The summed E-state index contributed by atoms with van der Waals surface area (Å²) in [6, 6.07) is 0. The maximum absolute atomic E-state index is 12.5. The Balaban J connectivity index is 1.36. The molecular weight excluding hydrogens is 396 g/mol. The molecule has 0 radical (unpaired) electrons. The molecule has 0 aromatic rings. The molecule has 9 atom stereocenters. The number of carbonyl (C=O) groups is 2. The SMILES string of the molecule is C/C(=C/CC[C@@H](C)[C@H]1CC[C@@]2(C)[C@@H]3CC[C@H]4[C@H](C)C(=O)CC[C@@]45C[C@@]35CC[C@]12C)C(=O)O. The van der Waals surface area contributed by atoms with Crippen molar-refractivity contribution in [1.29, 1.82) is 0 Å². The standard InChI is InChI=1S/C29H44O3/c1-18(7-6-8-19(2)25(31)32)21-11-13-27(5)24-10-9-22-20(3)23(30)12-14-28(22)17-29(24,28)16-15-26(21,27)4/h8,18,20-22,24H,6-7,9-17H2,1-5H3,(H,31,32)/b19-8-/t18-,20+,21-,22+,24+,26-,27+,28-,29+/m1/s1. The molecule has 3 heteroatoms. The van der Waals surface area contributed by atoms with E-state index in [1.54, 1.807) is 6.92 Å². The largest absolute Gasteiger partial charge is 0.478 e. The highest BCUT2D eigenvalue weighted by Gasteiger charge is 2.81. The van der Waals surface area contributed by atoms with Crippen molar-refractivity contribution in [3.63, 3.8) is 0 Å². The van der Waals surface area contributed by atoms with Crippen LogP contribution in [0, 0.1) is 51.2 Å². The normalized spacial score (nSPS) is 50.7. The molecule has 2 spiro atoms. The predicted molar refractivity (Wildman–Crippen MR) is 127 cm³/mol. The van der Waals surface area contributed by atoms with Gasteiger partial charge in [-0.25, -0.2) is 4.79 Å². The number of fused-ring (bicyclic) bond motifs is 2. The van der Waals surface area contributed by atoms with Crippen molar-refractivity contribution in [2.75, 3.05) is 0 Å². The number of carboxylic acid groups (broad SMARTS) is 1. The Morgan fingerprint density at radius 3 is 2.56 bits per heavy atom. The van der Waals surface area contributed by atoms with Gasteiger partial charge in [0.25, 0.3) is 0 Å². The number of rotatable bonds is 5. The minimum absolute atomic E-state index is 0.295. The molecule has 0 aliphatic heterocycles. The number of carbonyl (C=O) groups excluding carboxylic acids is 1. The molecule has 5 aliphatic rings. The van der Waals surface area contributed by atoms with Gasteiger partial charge in [0.05, 0.1) is 0 Å². The lowest BCUT2D eigenvalue weighted by Crippen LogP contribution is -2.55. The van der Waals surface area contributed by atoms with E-state index in [4.69, 9.17) is 5.11 Å². The average Bonchev–Trinajstić information content (AvgIpc) is 3.33. The van der Waals surface area contributed by atoms with Crippen LogP contribution in [0.2, 0.25) is 0 Å². The minimum Gasteiger partial charge on any atom is -0.478 e. The number of carboxylic acids is 1. The average molecular weight is 441 g/mol. The molecule has 5 aliphatic carbocycles. The van der Waals surface area contributed by atoms with Crippen LogP contribution in [-0.4, -0.2) is 16.9 Å². The van der Waals surface area contributed by atoms with Gasteiger partial charge in [-0.2, -0.15) is 0 Å². The van der Waals surface area contributed by atoms with Crippen LogP contribution in [0.1, 0.15) is 105 Å². The Morgan fingerprint density at radius 2 is 1.84 bits per heavy atom. The maximum Gasteiger partial charge on any atom is 0.330 e. The molecule has 5 rings (SSSR count). The first-order chi connectivity index (χ1) is 15.0. The van der Waals surface area contributed by atoms with Crippen molar-refractivity contribution in [3.8, 4) is 0 Å². The summed E-state index contributed by atoms with van der Waals surface area (Å²) in [5, 5.41) is 9.15. The van der Waals surface area contributed by atoms with Gasteiger partial charge in [-0.15, -0.1) is 0 Å². The number of hydrogen-bond acceptors (Lipinski definition) is 2. The van der Waals surface area contributed by atoms with Crippen LogP contribution >= 0.6 is 0 Å². The fourth-order valence-electron chi connectivity index (χ4n) is 10.7. The number of allylic oxidation sites excluding steroid dienone is 1.